The van der Waals surface area contributed by atoms with Crippen LogP contribution in [0.4, 0.5) is 0 Å². The Morgan fingerprint density at radius 1 is 0.692 bits per heavy atom. The third-order valence-corrected chi connectivity index (χ3v) is 3.79. The highest BCUT2D eigenvalue weighted by Crippen LogP contribution is 2.22. The number of ether oxygens (including phenoxy) is 2. The van der Waals surface area contributed by atoms with Crippen molar-refractivity contribution in [3.63, 3.8) is 0 Å². The number of carbonyl (C=O) groups excluding carboxylic acids is 2. The number of para-hydroxylation sites is 1. The van der Waals surface area contributed by atoms with Crippen molar-refractivity contribution in [3.8, 4) is 5.75 Å². The molecular weight excluding hydrogens is 328 g/mol. The molecule has 0 amide bonds. The molecule has 130 valence electrons. The lowest BCUT2D eigenvalue weighted by Gasteiger charge is -2.15. The largest absolute Gasteiger partial charge is 0.460 e. The summed E-state index contributed by atoms with van der Waals surface area (Å²) in [7, 11) is 0. The van der Waals surface area contributed by atoms with E-state index in [1.165, 1.54) is 0 Å². The van der Waals surface area contributed by atoms with Crippen LogP contribution in [0.3, 0.4) is 0 Å². The summed E-state index contributed by atoms with van der Waals surface area (Å²) < 4.78 is 10.7. The average molecular weight is 346 g/mol. The van der Waals surface area contributed by atoms with Gasteiger partial charge in [-0.2, -0.15) is 0 Å². The molecule has 0 fully saturated rings. The topological polar surface area (TPSA) is 52.6 Å². The molecule has 1 atom stereocenters. The highest BCUT2D eigenvalue weighted by molar-refractivity contribution is 6.01. The van der Waals surface area contributed by atoms with Crippen molar-refractivity contribution < 1.29 is 19.1 Å². The predicted octanol–water partition coefficient (Wildman–Crippen LogP) is 4.12. The summed E-state index contributed by atoms with van der Waals surface area (Å²) in [6.07, 6.45) is 0. The maximum absolute atomic E-state index is 12.6. The molecule has 0 heterocycles. The Hall–Kier alpha value is -3.40. The Morgan fingerprint density at radius 2 is 1.23 bits per heavy atom. The van der Waals surface area contributed by atoms with Gasteiger partial charge in [-0.1, -0.05) is 78.9 Å². The zero-order chi connectivity index (χ0) is 18.2. The maximum atomic E-state index is 12.6. The van der Waals surface area contributed by atoms with Crippen molar-refractivity contribution in [1.82, 2.24) is 0 Å². The van der Waals surface area contributed by atoms with Gasteiger partial charge < -0.3 is 9.47 Å². The Morgan fingerprint density at radius 3 is 1.85 bits per heavy atom. The minimum atomic E-state index is -1.14. The quantitative estimate of drug-likeness (QED) is 0.383. The zero-order valence-corrected chi connectivity index (χ0v) is 14.1. The standard InChI is InChI=1S/C22H18O4/c23-21(25-16-17-10-4-1-5-11-17)20(18-12-6-2-7-13-18)22(24)26-19-14-8-3-9-15-19/h1-15,20H,16H2. The van der Waals surface area contributed by atoms with Gasteiger partial charge in [0, 0.05) is 0 Å². The number of carbonyl (C=O) groups is 2. The summed E-state index contributed by atoms with van der Waals surface area (Å²) in [5, 5.41) is 0. The van der Waals surface area contributed by atoms with Crippen LogP contribution in [0, 0.1) is 0 Å². The van der Waals surface area contributed by atoms with E-state index in [2.05, 4.69) is 0 Å². The van der Waals surface area contributed by atoms with E-state index in [-0.39, 0.29) is 6.61 Å². The minimum Gasteiger partial charge on any atom is -0.460 e. The van der Waals surface area contributed by atoms with Crippen molar-refractivity contribution in [3.05, 3.63) is 102 Å². The third kappa shape index (κ3) is 4.57. The smallest absolute Gasteiger partial charge is 0.330 e. The summed E-state index contributed by atoms with van der Waals surface area (Å²) in [6, 6.07) is 26.7. The molecule has 4 heteroatoms. The van der Waals surface area contributed by atoms with Gasteiger partial charge in [0.1, 0.15) is 12.4 Å². The molecule has 0 saturated carbocycles. The van der Waals surface area contributed by atoms with Crippen LogP contribution in [0.2, 0.25) is 0 Å². The van der Waals surface area contributed by atoms with Crippen LogP contribution in [0.1, 0.15) is 17.0 Å². The van der Waals surface area contributed by atoms with E-state index in [0.29, 0.717) is 11.3 Å². The number of benzene rings is 3. The van der Waals surface area contributed by atoms with Crippen LogP contribution in [-0.4, -0.2) is 11.9 Å². The lowest BCUT2D eigenvalue weighted by atomic mass is 9.99. The highest BCUT2D eigenvalue weighted by atomic mass is 16.6. The predicted molar refractivity (Wildman–Crippen MR) is 97.5 cm³/mol. The fourth-order valence-electron chi connectivity index (χ4n) is 2.49. The van der Waals surface area contributed by atoms with Crippen LogP contribution in [0.25, 0.3) is 0 Å². The Labute approximate surface area is 152 Å². The van der Waals surface area contributed by atoms with Gasteiger partial charge in [-0.15, -0.1) is 0 Å². The second-order valence-electron chi connectivity index (χ2n) is 5.67. The van der Waals surface area contributed by atoms with E-state index < -0.39 is 17.9 Å². The first-order valence-electron chi connectivity index (χ1n) is 8.26. The Kier molecular flexibility index (Phi) is 5.78. The van der Waals surface area contributed by atoms with E-state index in [4.69, 9.17) is 9.47 Å². The van der Waals surface area contributed by atoms with Gasteiger partial charge in [0.25, 0.3) is 0 Å². The molecule has 0 radical (unpaired) electrons. The first-order chi connectivity index (χ1) is 12.7. The fraction of sp³-hybridized carbons (Fsp3) is 0.0909. The molecule has 0 saturated heterocycles. The highest BCUT2D eigenvalue weighted by Gasteiger charge is 2.32. The summed E-state index contributed by atoms with van der Waals surface area (Å²) in [6.45, 7) is 0.0988. The van der Waals surface area contributed by atoms with Crippen molar-refractivity contribution >= 4 is 11.9 Å². The van der Waals surface area contributed by atoms with E-state index in [1.807, 2.05) is 42.5 Å². The summed E-state index contributed by atoms with van der Waals surface area (Å²) in [5.74, 6) is -2.06. The van der Waals surface area contributed by atoms with Crippen molar-refractivity contribution in [2.45, 2.75) is 12.5 Å². The summed E-state index contributed by atoms with van der Waals surface area (Å²) >= 11 is 0. The van der Waals surface area contributed by atoms with E-state index in [9.17, 15) is 9.59 Å². The van der Waals surface area contributed by atoms with Gasteiger partial charge in [-0.05, 0) is 23.3 Å². The molecule has 0 bridgehead atoms. The van der Waals surface area contributed by atoms with Gasteiger partial charge in [-0.25, -0.2) is 0 Å². The molecule has 0 spiro atoms. The fourth-order valence-corrected chi connectivity index (χ4v) is 2.49. The monoisotopic (exact) mass is 346 g/mol. The molecule has 26 heavy (non-hydrogen) atoms. The van der Waals surface area contributed by atoms with Crippen LogP contribution in [-0.2, 0) is 20.9 Å². The van der Waals surface area contributed by atoms with Crippen LogP contribution in [0.15, 0.2) is 91.0 Å². The first-order valence-corrected chi connectivity index (χ1v) is 8.26. The van der Waals surface area contributed by atoms with E-state index >= 15 is 0 Å². The molecule has 0 aliphatic rings. The van der Waals surface area contributed by atoms with Crippen molar-refractivity contribution in [2.24, 2.45) is 0 Å². The molecule has 4 nitrogen and oxygen atoms in total. The molecule has 3 aromatic rings. The van der Waals surface area contributed by atoms with Gasteiger partial charge in [0.2, 0.25) is 0 Å². The van der Waals surface area contributed by atoms with Crippen molar-refractivity contribution in [1.29, 1.82) is 0 Å². The third-order valence-electron chi connectivity index (χ3n) is 3.79. The van der Waals surface area contributed by atoms with Gasteiger partial charge in [0.05, 0.1) is 0 Å². The molecule has 0 aliphatic heterocycles. The second-order valence-corrected chi connectivity index (χ2v) is 5.67. The molecule has 0 aliphatic carbocycles. The second kappa shape index (κ2) is 8.62. The Bertz CT molecular complexity index is 845. The average Bonchev–Trinajstić information content (AvgIpc) is 2.69. The summed E-state index contributed by atoms with van der Waals surface area (Å²) in [4.78, 5) is 25.3. The number of esters is 2. The lowest BCUT2D eigenvalue weighted by molar-refractivity contribution is -0.154. The molecule has 0 aromatic heterocycles. The number of hydrogen-bond donors (Lipinski definition) is 0. The first kappa shape index (κ1) is 17.4. The SMILES string of the molecule is O=C(OCc1ccccc1)C(C(=O)Oc1ccccc1)c1ccccc1. The molecule has 3 aromatic carbocycles. The van der Waals surface area contributed by atoms with Crippen LogP contribution >= 0.6 is 0 Å². The zero-order valence-electron chi connectivity index (χ0n) is 14.1. The van der Waals surface area contributed by atoms with Crippen molar-refractivity contribution in [2.75, 3.05) is 0 Å². The van der Waals surface area contributed by atoms with Crippen LogP contribution < -0.4 is 4.74 Å². The number of hydrogen-bond acceptors (Lipinski definition) is 4. The van der Waals surface area contributed by atoms with E-state index in [1.54, 1.807) is 48.5 Å². The normalized spacial score (nSPS) is 11.4. The molecule has 0 N–H and O–H groups in total. The van der Waals surface area contributed by atoms with Crippen LogP contribution in [0.5, 0.6) is 5.75 Å². The van der Waals surface area contributed by atoms with Gasteiger partial charge >= 0.3 is 11.9 Å². The molecule has 1 unspecified atom stereocenters. The summed E-state index contributed by atoms with van der Waals surface area (Å²) in [5.41, 5.74) is 1.38. The molecule has 3 rings (SSSR count). The van der Waals surface area contributed by atoms with E-state index in [0.717, 1.165) is 5.56 Å². The van der Waals surface area contributed by atoms with Gasteiger partial charge in [0.15, 0.2) is 5.92 Å². The number of rotatable bonds is 6. The maximum Gasteiger partial charge on any atom is 0.330 e. The van der Waals surface area contributed by atoms with Gasteiger partial charge in [-0.3, -0.25) is 9.59 Å². The minimum absolute atomic E-state index is 0.0988. The Balaban J connectivity index is 1.77. The lowest BCUT2D eigenvalue weighted by Crippen LogP contribution is -2.28. The molecular formula is C22H18O4.